The number of methoxy groups -OCH3 is 2. The highest BCUT2D eigenvalue weighted by Gasteiger charge is 2.28. The first-order chi connectivity index (χ1) is 18.7. The summed E-state index contributed by atoms with van der Waals surface area (Å²) in [6.45, 7) is 6.03. The van der Waals surface area contributed by atoms with Gasteiger partial charge < -0.3 is 24.4 Å². The van der Waals surface area contributed by atoms with E-state index in [1.807, 2.05) is 18.2 Å². The van der Waals surface area contributed by atoms with Crippen LogP contribution in [0, 0.1) is 11.3 Å². The van der Waals surface area contributed by atoms with Gasteiger partial charge in [0.2, 0.25) is 0 Å². The minimum atomic E-state index is 0.649. The smallest absolute Gasteiger partial charge is 0.160 e. The number of ether oxygens (including phenoxy) is 3. The molecule has 0 radical (unpaired) electrons. The van der Waals surface area contributed by atoms with Crippen molar-refractivity contribution in [3.63, 3.8) is 0 Å². The van der Waals surface area contributed by atoms with Crippen molar-refractivity contribution in [2.45, 2.75) is 25.9 Å². The zero-order chi connectivity index (χ0) is 26.3. The topological polar surface area (TPSA) is 82.9 Å². The van der Waals surface area contributed by atoms with E-state index in [0.717, 1.165) is 85.4 Å². The Bertz CT molecular complexity index is 1290. The molecule has 1 aromatic heterocycles. The molecular formula is C30H35N5O3. The molecule has 5 rings (SSSR count). The summed E-state index contributed by atoms with van der Waals surface area (Å²) >= 11 is 0. The predicted octanol–water partition coefficient (Wildman–Crippen LogP) is 4.02. The lowest BCUT2D eigenvalue weighted by atomic mass is 9.94. The number of anilines is 2. The second kappa shape index (κ2) is 12.2. The Balaban J connectivity index is 1.41. The van der Waals surface area contributed by atoms with Crippen LogP contribution in [0.3, 0.4) is 0 Å². The van der Waals surface area contributed by atoms with Crippen molar-refractivity contribution >= 4 is 11.6 Å². The minimum Gasteiger partial charge on any atom is -0.493 e. The minimum absolute atomic E-state index is 0.649. The molecule has 0 unspecified atom stereocenters. The second-order valence-electron chi connectivity index (χ2n) is 9.64. The van der Waals surface area contributed by atoms with Crippen molar-refractivity contribution in [3.05, 3.63) is 76.3 Å². The quantitative estimate of drug-likeness (QED) is 0.460. The summed E-state index contributed by atoms with van der Waals surface area (Å²) in [5.41, 5.74) is 5.41. The van der Waals surface area contributed by atoms with Crippen LogP contribution in [0.4, 0.5) is 11.6 Å². The van der Waals surface area contributed by atoms with Crippen molar-refractivity contribution in [2.24, 2.45) is 0 Å². The van der Waals surface area contributed by atoms with Gasteiger partial charge in [0.15, 0.2) is 11.5 Å². The molecule has 0 bridgehead atoms. The van der Waals surface area contributed by atoms with Crippen LogP contribution in [0.15, 0.2) is 48.5 Å². The van der Waals surface area contributed by atoms with Crippen LogP contribution in [0.2, 0.25) is 0 Å². The average Bonchev–Trinajstić information content (AvgIpc) is 2.97. The van der Waals surface area contributed by atoms with Crippen molar-refractivity contribution in [2.75, 3.05) is 63.8 Å². The maximum absolute atomic E-state index is 10.2. The van der Waals surface area contributed by atoms with Crippen LogP contribution in [0.25, 0.3) is 0 Å². The van der Waals surface area contributed by atoms with Gasteiger partial charge >= 0.3 is 0 Å². The number of pyridine rings is 1. The van der Waals surface area contributed by atoms with Gasteiger partial charge in [-0.15, -0.1) is 0 Å². The maximum Gasteiger partial charge on any atom is 0.160 e. The molecule has 0 aliphatic carbocycles. The Morgan fingerprint density at radius 1 is 0.974 bits per heavy atom. The fourth-order valence-electron chi connectivity index (χ4n) is 5.28. The van der Waals surface area contributed by atoms with Crippen molar-refractivity contribution < 1.29 is 14.2 Å². The van der Waals surface area contributed by atoms with Gasteiger partial charge in [0.25, 0.3) is 0 Å². The zero-order valence-corrected chi connectivity index (χ0v) is 22.2. The monoisotopic (exact) mass is 513 g/mol. The highest BCUT2D eigenvalue weighted by Crippen LogP contribution is 2.34. The third kappa shape index (κ3) is 5.69. The average molecular weight is 514 g/mol. The third-order valence-electron chi connectivity index (χ3n) is 7.28. The molecular weight excluding hydrogens is 478 g/mol. The summed E-state index contributed by atoms with van der Waals surface area (Å²) in [5, 5.41) is 13.8. The number of morpholine rings is 1. The molecule has 0 atom stereocenters. The van der Waals surface area contributed by atoms with E-state index in [-0.39, 0.29) is 0 Å². The predicted molar refractivity (Wildman–Crippen MR) is 148 cm³/mol. The standard InChI is InChI=1S/C30H35N5O3/c1-36-27-9-8-22(18-28(27)37-2)10-12-32-29-26-21-34(20-23-6-4-3-5-7-23)13-11-24(26)25(19-31)30(33-29)35-14-16-38-17-15-35/h3-9,18H,10-17,20-21H2,1-2H3,(H,32,33). The molecule has 1 fully saturated rings. The first-order valence-corrected chi connectivity index (χ1v) is 13.2. The van der Waals surface area contributed by atoms with E-state index in [1.54, 1.807) is 14.2 Å². The number of rotatable bonds is 9. The third-order valence-corrected chi connectivity index (χ3v) is 7.28. The molecule has 3 heterocycles. The van der Waals surface area contributed by atoms with Crippen molar-refractivity contribution in [1.82, 2.24) is 9.88 Å². The fourth-order valence-corrected chi connectivity index (χ4v) is 5.28. The molecule has 2 aliphatic heterocycles. The molecule has 1 saturated heterocycles. The summed E-state index contributed by atoms with van der Waals surface area (Å²) in [6, 6.07) is 19.1. The second-order valence-corrected chi connectivity index (χ2v) is 9.64. The number of hydrogen-bond donors (Lipinski definition) is 1. The van der Waals surface area contributed by atoms with Gasteiger partial charge in [-0.1, -0.05) is 36.4 Å². The van der Waals surface area contributed by atoms with Crippen LogP contribution in [0.1, 0.15) is 27.8 Å². The van der Waals surface area contributed by atoms with Crippen LogP contribution < -0.4 is 19.7 Å². The van der Waals surface area contributed by atoms with Crippen LogP contribution in [0.5, 0.6) is 11.5 Å². The van der Waals surface area contributed by atoms with Gasteiger partial charge in [-0.25, -0.2) is 4.98 Å². The van der Waals surface area contributed by atoms with Gasteiger partial charge in [0.05, 0.1) is 33.0 Å². The molecule has 198 valence electrons. The Labute approximate surface area is 224 Å². The Hall–Kier alpha value is -3.80. The lowest BCUT2D eigenvalue weighted by molar-refractivity contribution is 0.122. The van der Waals surface area contributed by atoms with Gasteiger partial charge in [-0.05, 0) is 41.7 Å². The molecule has 3 aromatic rings. The van der Waals surface area contributed by atoms with Gasteiger partial charge in [0.1, 0.15) is 17.7 Å². The Kier molecular flexibility index (Phi) is 8.27. The molecule has 2 aromatic carbocycles. The van der Waals surface area contributed by atoms with Gasteiger partial charge in [0, 0.05) is 44.8 Å². The van der Waals surface area contributed by atoms with Gasteiger partial charge in [-0.3, -0.25) is 4.90 Å². The summed E-state index contributed by atoms with van der Waals surface area (Å²) in [4.78, 5) is 9.71. The normalized spacial score (nSPS) is 15.4. The molecule has 1 N–H and O–H groups in total. The SMILES string of the molecule is COc1ccc(CCNc2nc(N3CCOCC3)c(C#N)c3c2CN(Cc2ccccc2)CC3)cc1OC. The Morgan fingerprint density at radius 3 is 2.50 bits per heavy atom. The van der Waals surface area contributed by atoms with Crippen molar-refractivity contribution in [3.8, 4) is 17.6 Å². The summed E-state index contributed by atoms with van der Waals surface area (Å²) < 4.78 is 16.4. The van der Waals surface area contributed by atoms with E-state index in [0.29, 0.717) is 25.3 Å². The molecule has 0 spiro atoms. The van der Waals surface area contributed by atoms with Crippen LogP contribution in [-0.2, 0) is 30.7 Å². The molecule has 38 heavy (non-hydrogen) atoms. The number of fused-ring (bicyclic) bond motifs is 1. The molecule has 8 heteroatoms. The summed E-state index contributed by atoms with van der Waals surface area (Å²) in [7, 11) is 3.30. The highest BCUT2D eigenvalue weighted by molar-refractivity contribution is 5.67. The van der Waals surface area contributed by atoms with Crippen molar-refractivity contribution in [1.29, 1.82) is 5.26 Å². The van der Waals surface area contributed by atoms with E-state index in [4.69, 9.17) is 19.2 Å². The molecule has 0 saturated carbocycles. The van der Waals surface area contributed by atoms with Crippen LogP contribution >= 0.6 is 0 Å². The first-order valence-electron chi connectivity index (χ1n) is 13.2. The summed E-state index contributed by atoms with van der Waals surface area (Å²) in [5.74, 6) is 3.10. The lowest BCUT2D eigenvalue weighted by Gasteiger charge is -2.34. The number of aromatic nitrogens is 1. The van der Waals surface area contributed by atoms with E-state index >= 15 is 0 Å². The largest absolute Gasteiger partial charge is 0.493 e. The lowest BCUT2D eigenvalue weighted by Crippen LogP contribution is -2.38. The number of nitriles is 1. The number of benzene rings is 2. The molecule has 8 nitrogen and oxygen atoms in total. The van der Waals surface area contributed by atoms with E-state index in [2.05, 4.69) is 51.5 Å². The molecule has 0 amide bonds. The first kappa shape index (κ1) is 25.8. The Morgan fingerprint density at radius 2 is 1.76 bits per heavy atom. The van der Waals surface area contributed by atoms with E-state index < -0.39 is 0 Å². The maximum atomic E-state index is 10.2. The number of nitrogens with one attached hydrogen (secondary N) is 1. The van der Waals surface area contributed by atoms with Gasteiger partial charge in [-0.2, -0.15) is 5.26 Å². The zero-order valence-electron chi connectivity index (χ0n) is 22.2. The summed E-state index contributed by atoms with van der Waals surface area (Å²) in [6.07, 6.45) is 1.63. The van der Waals surface area contributed by atoms with E-state index in [9.17, 15) is 5.26 Å². The molecule has 2 aliphatic rings. The fraction of sp³-hybridized carbons (Fsp3) is 0.400. The number of hydrogen-bond acceptors (Lipinski definition) is 8. The van der Waals surface area contributed by atoms with E-state index in [1.165, 1.54) is 5.56 Å². The number of nitrogens with zero attached hydrogens (tertiary/aromatic N) is 4. The van der Waals surface area contributed by atoms with Crippen LogP contribution in [-0.4, -0.2) is 63.5 Å². The highest BCUT2D eigenvalue weighted by atomic mass is 16.5.